The lowest BCUT2D eigenvalue weighted by molar-refractivity contribution is 0.660. The smallest absolute Gasteiger partial charge is 0.0618 e. The van der Waals surface area contributed by atoms with Gasteiger partial charge < -0.3 is 9.80 Å². The molecule has 2 aliphatic carbocycles. The third-order valence-electron chi connectivity index (χ3n) is 17.9. The van der Waals surface area contributed by atoms with Crippen LogP contribution in [0.3, 0.4) is 0 Å². The Bertz CT molecular complexity index is 4250. The number of nitrogens with zero attached hydrogens (tertiary/aromatic N) is 2. The lowest BCUT2D eigenvalue weighted by atomic mass is 9.81. The van der Waals surface area contributed by atoms with Crippen molar-refractivity contribution in [3.05, 3.63) is 288 Å². The molecule has 0 aliphatic heterocycles. The molecule has 382 valence electrons. The fourth-order valence-electron chi connectivity index (χ4n) is 13.6. The van der Waals surface area contributed by atoms with Gasteiger partial charge in [0.1, 0.15) is 0 Å². The first-order valence-corrected chi connectivity index (χ1v) is 28.2. The quantitative estimate of drug-likeness (QED) is 0.140. The molecule has 0 saturated heterocycles. The Labute approximate surface area is 469 Å². The summed E-state index contributed by atoms with van der Waals surface area (Å²) in [4.78, 5) is 4.98. The predicted octanol–water partition coefficient (Wildman–Crippen LogP) is 21.8. The van der Waals surface area contributed by atoms with Crippen LogP contribution in [0.25, 0.3) is 87.6 Å². The number of rotatable bonds is 8. The van der Waals surface area contributed by atoms with E-state index in [4.69, 9.17) is 0 Å². The SMILES string of the molecule is Cc1ccc(N(c2ccc3c(c2)C(C)(C)c2cc(-c4ccc(-c5ccc6c(c5)C(C)(C)c5cc(N(c7ccc(C)cc7)c7c8ccccc8cc8ccccc78)ccc5-6)cc4)ccc2-3)c2c3ccccc3cc3ccccc23)cc1. The first-order chi connectivity index (χ1) is 39.0. The normalized spacial score (nSPS) is 13.6. The van der Waals surface area contributed by atoms with Crippen LogP contribution in [0.4, 0.5) is 34.1 Å². The predicted molar refractivity (Wildman–Crippen MR) is 341 cm³/mol. The molecule has 0 amide bonds. The number of aryl methyl sites for hydroxylation is 2. The van der Waals surface area contributed by atoms with Gasteiger partial charge in [0.05, 0.1) is 11.4 Å². The van der Waals surface area contributed by atoms with Gasteiger partial charge in [-0.2, -0.15) is 0 Å². The fourth-order valence-corrected chi connectivity index (χ4v) is 13.6. The highest BCUT2D eigenvalue weighted by molar-refractivity contribution is 6.16. The topological polar surface area (TPSA) is 6.48 Å². The zero-order valence-corrected chi connectivity index (χ0v) is 46.1. The first kappa shape index (κ1) is 47.7. The average Bonchev–Trinajstić information content (AvgIpc) is 3.86. The Morgan fingerprint density at radius 1 is 0.250 bits per heavy atom. The zero-order valence-electron chi connectivity index (χ0n) is 46.1. The molecule has 0 aromatic heterocycles. The largest absolute Gasteiger partial charge is 0.309 e. The Morgan fingerprint density at radius 3 is 0.863 bits per heavy atom. The minimum atomic E-state index is -0.227. The summed E-state index contributed by atoms with van der Waals surface area (Å²) in [6.45, 7) is 13.9. The van der Waals surface area contributed by atoms with E-state index in [1.54, 1.807) is 0 Å². The second-order valence-corrected chi connectivity index (χ2v) is 23.5. The maximum absolute atomic E-state index is 2.49. The lowest BCUT2D eigenvalue weighted by Gasteiger charge is -2.30. The molecular formula is C78H60N2. The minimum Gasteiger partial charge on any atom is -0.309 e. The van der Waals surface area contributed by atoms with Gasteiger partial charge in [0.25, 0.3) is 0 Å². The summed E-state index contributed by atoms with van der Waals surface area (Å²) in [5.41, 5.74) is 24.6. The summed E-state index contributed by atoms with van der Waals surface area (Å²) in [7, 11) is 0. The molecule has 0 N–H and O–H groups in total. The van der Waals surface area contributed by atoms with E-state index in [-0.39, 0.29) is 10.8 Å². The van der Waals surface area contributed by atoms with Crippen LogP contribution < -0.4 is 9.80 Å². The maximum Gasteiger partial charge on any atom is 0.0618 e. The number of benzene rings is 13. The Balaban J connectivity index is 0.750. The lowest BCUT2D eigenvalue weighted by Crippen LogP contribution is -2.17. The molecule has 2 aliphatic rings. The van der Waals surface area contributed by atoms with Crippen LogP contribution >= 0.6 is 0 Å². The molecule has 0 bridgehead atoms. The molecule has 0 spiro atoms. The summed E-state index contributed by atoms with van der Waals surface area (Å²) in [6.07, 6.45) is 0. The molecule has 13 aromatic carbocycles. The van der Waals surface area contributed by atoms with Crippen LogP contribution in [-0.4, -0.2) is 0 Å². The van der Waals surface area contributed by atoms with Crippen molar-refractivity contribution in [1.29, 1.82) is 0 Å². The van der Waals surface area contributed by atoms with Crippen molar-refractivity contribution >= 4 is 77.2 Å². The third-order valence-corrected chi connectivity index (χ3v) is 17.9. The van der Waals surface area contributed by atoms with Gasteiger partial charge in [-0.25, -0.2) is 0 Å². The van der Waals surface area contributed by atoms with Gasteiger partial charge in [-0.15, -0.1) is 0 Å². The van der Waals surface area contributed by atoms with E-state index in [9.17, 15) is 0 Å². The summed E-state index contributed by atoms with van der Waals surface area (Å²) in [5, 5.41) is 9.88. The molecule has 2 heteroatoms. The van der Waals surface area contributed by atoms with Crippen molar-refractivity contribution in [3.8, 4) is 44.5 Å². The summed E-state index contributed by atoms with van der Waals surface area (Å²) < 4.78 is 0. The van der Waals surface area contributed by atoms with Crippen LogP contribution in [0.1, 0.15) is 61.1 Å². The summed E-state index contributed by atoms with van der Waals surface area (Å²) in [6, 6.07) is 95.8. The average molecular weight is 1030 g/mol. The molecule has 15 rings (SSSR count). The van der Waals surface area contributed by atoms with Gasteiger partial charge in [-0.1, -0.05) is 221 Å². The van der Waals surface area contributed by atoms with Crippen molar-refractivity contribution < 1.29 is 0 Å². The van der Waals surface area contributed by atoms with E-state index in [0.29, 0.717) is 0 Å². The van der Waals surface area contributed by atoms with Gasteiger partial charge in [0.15, 0.2) is 0 Å². The molecule has 80 heavy (non-hydrogen) atoms. The van der Waals surface area contributed by atoms with Crippen molar-refractivity contribution in [3.63, 3.8) is 0 Å². The molecule has 2 nitrogen and oxygen atoms in total. The monoisotopic (exact) mass is 1020 g/mol. The minimum absolute atomic E-state index is 0.227. The second-order valence-electron chi connectivity index (χ2n) is 23.5. The number of hydrogen-bond acceptors (Lipinski definition) is 2. The number of anilines is 6. The summed E-state index contributed by atoms with van der Waals surface area (Å²) >= 11 is 0. The van der Waals surface area contributed by atoms with E-state index >= 15 is 0 Å². The highest BCUT2D eigenvalue weighted by Crippen LogP contribution is 2.55. The number of fused-ring (bicyclic) bond motifs is 10. The number of hydrogen-bond donors (Lipinski definition) is 0. The van der Waals surface area contributed by atoms with Crippen LogP contribution in [0.15, 0.2) is 255 Å². The highest BCUT2D eigenvalue weighted by atomic mass is 15.2. The van der Waals surface area contributed by atoms with Crippen molar-refractivity contribution in [2.24, 2.45) is 0 Å². The summed E-state index contributed by atoms with van der Waals surface area (Å²) in [5.74, 6) is 0. The zero-order chi connectivity index (χ0) is 54.0. The Kier molecular flexibility index (Phi) is 10.7. The Hall–Kier alpha value is -9.50. The van der Waals surface area contributed by atoms with Crippen molar-refractivity contribution in [2.75, 3.05) is 9.80 Å². The van der Waals surface area contributed by atoms with Crippen LogP contribution in [0, 0.1) is 13.8 Å². The Morgan fingerprint density at radius 2 is 0.525 bits per heavy atom. The van der Waals surface area contributed by atoms with E-state index < -0.39 is 0 Å². The molecular weight excluding hydrogens is 965 g/mol. The van der Waals surface area contributed by atoms with Gasteiger partial charge in [-0.3, -0.25) is 0 Å². The molecule has 0 radical (unpaired) electrons. The molecule has 0 fully saturated rings. The van der Waals surface area contributed by atoms with Crippen LogP contribution in [0.2, 0.25) is 0 Å². The second kappa shape index (κ2) is 18.0. The van der Waals surface area contributed by atoms with Crippen molar-refractivity contribution in [1.82, 2.24) is 0 Å². The first-order valence-electron chi connectivity index (χ1n) is 28.2. The molecule has 0 saturated carbocycles. The fraction of sp³-hybridized carbons (Fsp3) is 0.103. The molecule has 0 unspecified atom stereocenters. The maximum atomic E-state index is 2.49. The van der Waals surface area contributed by atoms with Gasteiger partial charge in [-0.05, 0) is 175 Å². The van der Waals surface area contributed by atoms with Gasteiger partial charge in [0, 0.05) is 55.1 Å². The molecule has 0 heterocycles. The van der Waals surface area contributed by atoms with Crippen molar-refractivity contribution in [2.45, 2.75) is 52.4 Å². The van der Waals surface area contributed by atoms with Gasteiger partial charge in [0.2, 0.25) is 0 Å². The highest BCUT2D eigenvalue weighted by Gasteiger charge is 2.38. The van der Waals surface area contributed by atoms with E-state index in [0.717, 1.165) is 22.7 Å². The van der Waals surface area contributed by atoms with E-state index in [2.05, 4.69) is 306 Å². The van der Waals surface area contributed by atoms with Crippen LogP contribution in [0.5, 0.6) is 0 Å². The van der Waals surface area contributed by atoms with Crippen LogP contribution in [-0.2, 0) is 10.8 Å². The molecule has 13 aromatic rings. The van der Waals surface area contributed by atoms with E-state index in [1.165, 1.54) is 132 Å². The standard InChI is InChI=1S/C78H60N2/c1-49-23-33-59(34-24-49)79(75-63-19-11-7-15-55(63)43-56-16-8-12-20-64(56)75)61-37-41-69-67-39-31-53(45-71(67)77(3,4)73(69)47-61)51-27-29-52(30-28-51)54-32-40-68-70-42-38-62(48-74(70)78(5,6)72(68)46-54)80(60-35-25-50(2)26-36-60)76-65-21-13-9-17-57(65)44-58-18-10-14-22-66(58)76/h7-48H,1-6H3. The molecule has 0 atom stereocenters. The third kappa shape index (κ3) is 7.46. The van der Waals surface area contributed by atoms with E-state index in [1.807, 2.05) is 0 Å². The van der Waals surface area contributed by atoms with Gasteiger partial charge >= 0.3 is 0 Å².